The number of nitrogens with zero attached hydrogens (tertiary/aromatic N) is 2. The van der Waals surface area contributed by atoms with Crippen LogP contribution in [-0.2, 0) is 17.9 Å². The molecule has 1 N–H and O–H groups in total. The van der Waals surface area contributed by atoms with Crippen molar-refractivity contribution in [3.63, 3.8) is 0 Å². The van der Waals surface area contributed by atoms with Gasteiger partial charge in [0.15, 0.2) is 0 Å². The minimum atomic E-state index is -0.401. The van der Waals surface area contributed by atoms with E-state index < -0.39 is 5.91 Å². The summed E-state index contributed by atoms with van der Waals surface area (Å²) in [5.74, 6) is -0.975. The van der Waals surface area contributed by atoms with E-state index in [0.717, 1.165) is 29.7 Å². The average molecular weight is 468 g/mol. The van der Waals surface area contributed by atoms with Crippen LogP contribution in [0.25, 0.3) is 0 Å². The number of imide groups is 1. The summed E-state index contributed by atoms with van der Waals surface area (Å²) < 4.78 is 0. The molecule has 3 aromatic rings. The van der Waals surface area contributed by atoms with Crippen molar-refractivity contribution in [3.8, 4) is 0 Å². The minimum Gasteiger partial charge on any atom is -0.348 e. The van der Waals surface area contributed by atoms with Crippen molar-refractivity contribution in [2.75, 3.05) is 11.4 Å². The van der Waals surface area contributed by atoms with E-state index in [-0.39, 0.29) is 36.4 Å². The lowest BCUT2D eigenvalue weighted by Crippen LogP contribution is -2.35. The third-order valence-electron chi connectivity index (χ3n) is 6.42. The van der Waals surface area contributed by atoms with E-state index in [0.29, 0.717) is 24.1 Å². The number of hydrogen-bond acceptors (Lipinski definition) is 4. The summed E-state index contributed by atoms with van der Waals surface area (Å²) >= 11 is 0. The maximum Gasteiger partial charge on any atom is 0.261 e. The van der Waals surface area contributed by atoms with Gasteiger partial charge in [0.25, 0.3) is 17.7 Å². The molecule has 1 fully saturated rings. The smallest absolute Gasteiger partial charge is 0.261 e. The molecular weight excluding hydrogens is 442 g/mol. The second-order valence-electron chi connectivity index (χ2n) is 8.80. The van der Waals surface area contributed by atoms with Crippen LogP contribution in [0.1, 0.15) is 61.5 Å². The highest BCUT2D eigenvalue weighted by Crippen LogP contribution is 2.26. The number of carbonyl (C=O) groups is 4. The fourth-order valence-electron chi connectivity index (χ4n) is 4.54. The Balaban J connectivity index is 1.27. The lowest BCUT2D eigenvalue weighted by molar-refractivity contribution is -0.119. The molecule has 5 rings (SSSR count). The topological polar surface area (TPSA) is 86.8 Å². The third-order valence-corrected chi connectivity index (χ3v) is 6.42. The van der Waals surface area contributed by atoms with Crippen LogP contribution >= 0.6 is 0 Å². The molecule has 1 saturated heterocycles. The number of hydrogen-bond donors (Lipinski definition) is 1. The molecule has 0 spiro atoms. The maximum absolute atomic E-state index is 12.9. The molecule has 2 heterocycles. The Bertz CT molecular complexity index is 1320. The van der Waals surface area contributed by atoms with Crippen LogP contribution in [0.15, 0.2) is 72.8 Å². The van der Waals surface area contributed by atoms with Gasteiger partial charge in [-0.2, -0.15) is 0 Å². The largest absolute Gasteiger partial charge is 0.348 e. The van der Waals surface area contributed by atoms with E-state index in [1.54, 1.807) is 11.0 Å². The van der Waals surface area contributed by atoms with E-state index in [2.05, 4.69) is 5.32 Å². The molecule has 2 aliphatic rings. The summed E-state index contributed by atoms with van der Waals surface area (Å²) in [6.45, 7) is 1.17. The number of anilines is 1. The number of carbonyl (C=O) groups excluding carboxylic acids is 4. The van der Waals surface area contributed by atoms with Gasteiger partial charge in [0.1, 0.15) is 0 Å². The second kappa shape index (κ2) is 9.54. The zero-order chi connectivity index (χ0) is 24.4. The lowest BCUT2D eigenvalue weighted by Gasteiger charge is -2.27. The fraction of sp³-hybridized carbons (Fsp3) is 0.214. The molecule has 0 aromatic heterocycles. The molecule has 0 aliphatic carbocycles. The number of piperidine rings is 1. The molecule has 0 radical (unpaired) electrons. The average Bonchev–Trinajstić information content (AvgIpc) is 3.12. The van der Waals surface area contributed by atoms with Crippen LogP contribution in [0.2, 0.25) is 0 Å². The summed E-state index contributed by atoms with van der Waals surface area (Å²) in [5.41, 5.74) is 3.42. The second-order valence-corrected chi connectivity index (χ2v) is 8.80. The van der Waals surface area contributed by atoms with Crippen LogP contribution in [0.3, 0.4) is 0 Å². The predicted octanol–water partition coefficient (Wildman–Crippen LogP) is 3.93. The van der Waals surface area contributed by atoms with Crippen molar-refractivity contribution in [2.24, 2.45) is 0 Å². The first-order valence-electron chi connectivity index (χ1n) is 11.7. The van der Waals surface area contributed by atoms with Gasteiger partial charge in [0, 0.05) is 30.8 Å². The zero-order valence-corrected chi connectivity index (χ0v) is 19.2. The number of fused-ring (bicyclic) bond motifs is 1. The minimum absolute atomic E-state index is 0.121. The van der Waals surface area contributed by atoms with Gasteiger partial charge >= 0.3 is 0 Å². The molecule has 0 saturated carbocycles. The van der Waals surface area contributed by atoms with Gasteiger partial charge in [-0.05, 0) is 54.3 Å². The summed E-state index contributed by atoms with van der Waals surface area (Å²) in [4.78, 5) is 53.7. The van der Waals surface area contributed by atoms with Crippen molar-refractivity contribution in [1.82, 2.24) is 10.2 Å². The Hall–Kier alpha value is -4.26. The Morgan fingerprint density at radius 3 is 2.37 bits per heavy atom. The normalized spacial score (nSPS) is 15.4. The van der Waals surface area contributed by atoms with Crippen molar-refractivity contribution in [1.29, 1.82) is 0 Å². The Labute approximate surface area is 203 Å². The maximum atomic E-state index is 12.9. The summed E-state index contributed by atoms with van der Waals surface area (Å²) in [6, 6.07) is 21.5. The predicted molar refractivity (Wildman–Crippen MR) is 131 cm³/mol. The molecule has 2 aliphatic heterocycles. The van der Waals surface area contributed by atoms with Gasteiger partial charge in [-0.15, -0.1) is 0 Å². The van der Waals surface area contributed by atoms with Crippen molar-refractivity contribution < 1.29 is 19.2 Å². The number of rotatable bonds is 6. The number of amides is 4. The van der Waals surface area contributed by atoms with Crippen LogP contribution < -0.4 is 10.2 Å². The Morgan fingerprint density at radius 2 is 1.57 bits per heavy atom. The van der Waals surface area contributed by atoms with Crippen LogP contribution in [0.4, 0.5) is 5.69 Å². The van der Waals surface area contributed by atoms with Crippen molar-refractivity contribution in [3.05, 3.63) is 101 Å². The highest BCUT2D eigenvalue weighted by molar-refractivity contribution is 6.22. The summed E-state index contributed by atoms with van der Waals surface area (Å²) in [5, 5.41) is 2.87. The van der Waals surface area contributed by atoms with Gasteiger partial charge in [-0.25, -0.2) is 0 Å². The standard InChI is InChI=1S/C28H25N3O4/c32-25-11-4-5-14-30(25)22-10-6-9-20(15-22)17-29-26(33)21-12-13-23-24(16-21)28(35)31(27(23)34)18-19-7-2-1-3-8-19/h1-3,6-10,12-13,15-16H,4-5,11,14,17-18H2,(H,29,33). The van der Waals surface area contributed by atoms with Crippen LogP contribution in [0.5, 0.6) is 0 Å². The highest BCUT2D eigenvalue weighted by Gasteiger charge is 2.36. The molecule has 4 amide bonds. The number of nitrogens with one attached hydrogen (secondary N) is 1. The van der Waals surface area contributed by atoms with E-state index in [9.17, 15) is 19.2 Å². The molecular formula is C28H25N3O4. The molecule has 0 bridgehead atoms. The van der Waals surface area contributed by atoms with Gasteiger partial charge in [-0.3, -0.25) is 24.1 Å². The molecule has 3 aromatic carbocycles. The summed E-state index contributed by atoms with van der Waals surface area (Å²) in [6.07, 6.45) is 2.46. The van der Waals surface area contributed by atoms with Crippen LogP contribution in [-0.4, -0.2) is 35.1 Å². The summed E-state index contributed by atoms with van der Waals surface area (Å²) in [7, 11) is 0. The van der Waals surface area contributed by atoms with Crippen molar-refractivity contribution in [2.45, 2.75) is 32.4 Å². The molecule has 176 valence electrons. The first-order valence-corrected chi connectivity index (χ1v) is 11.7. The monoisotopic (exact) mass is 467 g/mol. The Morgan fingerprint density at radius 1 is 0.800 bits per heavy atom. The lowest BCUT2D eigenvalue weighted by atomic mass is 10.1. The van der Waals surface area contributed by atoms with E-state index in [1.807, 2.05) is 54.6 Å². The van der Waals surface area contributed by atoms with Gasteiger partial charge in [0.2, 0.25) is 5.91 Å². The highest BCUT2D eigenvalue weighted by atomic mass is 16.2. The van der Waals surface area contributed by atoms with Gasteiger partial charge < -0.3 is 10.2 Å². The first kappa shape index (κ1) is 22.5. The van der Waals surface area contributed by atoms with Gasteiger partial charge in [-0.1, -0.05) is 42.5 Å². The number of benzene rings is 3. The third kappa shape index (κ3) is 4.57. The van der Waals surface area contributed by atoms with E-state index in [4.69, 9.17) is 0 Å². The van der Waals surface area contributed by atoms with E-state index >= 15 is 0 Å². The Kier molecular flexibility index (Phi) is 6.14. The van der Waals surface area contributed by atoms with Crippen molar-refractivity contribution >= 4 is 29.3 Å². The molecule has 7 heteroatoms. The molecule has 0 unspecified atom stereocenters. The molecule has 0 atom stereocenters. The fourth-order valence-corrected chi connectivity index (χ4v) is 4.54. The van der Waals surface area contributed by atoms with E-state index in [1.165, 1.54) is 17.0 Å². The molecule has 35 heavy (non-hydrogen) atoms. The molecule has 7 nitrogen and oxygen atoms in total. The quantitative estimate of drug-likeness (QED) is 0.557. The van der Waals surface area contributed by atoms with Crippen LogP contribution in [0, 0.1) is 0 Å². The first-order chi connectivity index (χ1) is 17.0. The zero-order valence-electron chi connectivity index (χ0n) is 19.2. The SMILES string of the molecule is O=C(NCc1cccc(N2CCCCC2=O)c1)c1ccc2c(c1)C(=O)N(Cc1ccccc1)C2=O. The van der Waals surface area contributed by atoms with Gasteiger partial charge in [0.05, 0.1) is 17.7 Å².